The molecule has 144 valence electrons. The van der Waals surface area contributed by atoms with Crippen LogP contribution in [0.1, 0.15) is 45.6 Å². The second kappa shape index (κ2) is 5.57. The molecule has 5 heteroatoms. The number of fused-ring (bicyclic) bond motifs is 7. The first-order valence-electron chi connectivity index (χ1n) is 9.84. The summed E-state index contributed by atoms with van der Waals surface area (Å²) in [6.07, 6.45) is 1.87. The van der Waals surface area contributed by atoms with Gasteiger partial charge in [0.2, 0.25) is 0 Å². The Morgan fingerprint density at radius 1 is 0.828 bits per heavy atom. The Balaban J connectivity index is 1.36. The van der Waals surface area contributed by atoms with Gasteiger partial charge < -0.3 is 0 Å². The summed E-state index contributed by atoms with van der Waals surface area (Å²) in [5.41, 5.74) is 6.34. The third-order valence-corrected chi connectivity index (χ3v) is 8.12. The van der Waals surface area contributed by atoms with Crippen LogP contribution >= 0.6 is 0 Å². The summed E-state index contributed by atoms with van der Waals surface area (Å²) in [5, 5.41) is 4.28. The SMILES string of the molecule is Cc1ccc(S(=O)(=O)NN=CC23C4c5ccccc5C2C3c2ccccc24)cc1. The summed E-state index contributed by atoms with van der Waals surface area (Å²) < 4.78 is 25.3. The van der Waals surface area contributed by atoms with E-state index in [1.807, 2.05) is 13.1 Å². The largest absolute Gasteiger partial charge is 0.276 e. The van der Waals surface area contributed by atoms with E-state index in [2.05, 4.69) is 58.5 Å². The Hall–Kier alpha value is -2.92. The van der Waals surface area contributed by atoms with E-state index in [0.29, 0.717) is 11.8 Å². The molecule has 0 bridgehead atoms. The molecule has 1 saturated carbocycles. The Kier molecular flexibility index (Phi) is 3.26. The molecule has 0 saturated heterocycles. The number of hydrazone groups is 1. The molecular formula is C24H20N2O2S. The van der Waals surface area contributed by atoms with Crippen molar-refractivity contribution in [2.75, 3.05) is 0 Å². The lowest BCUT2D eigenvalue weighted by Crippen LogP contribution is -2.21. The number of rotatable bonds is 4. The van der Waals surface area contributed by atoms with Crippen LogP contribution in [0.5, 0.6) is 0 Å². The van der Waals surface area contributed by atoms with Crippen molar-refractivity contribution < 1.29 is 8.42 Å². The maximum absolute atomic E-state index is 12.6. The number of aryl methyl sites for hydroxylation is 1. The fourth-order valence-electron chi connectivity index (χ4n) is 5.72. The molecule has 29 heavy (non-hydrogen) atoms. The summed E-state index contributed by atoms with van der Waals surface area (Å²) in [6.45, 7) is 1.93. The van der Waals surface area contributed by atoms with E-state index in [1.54, 1.807) is 24.3 Å². The van der Waals surface area contributed by atoms with Gasteiger partial charge in [0.1, 0.15) is 0 Å². The third kappa shape index (κ3) is 2.14. The molecule has 3 aliphatic carbocycles. The average molecular weight is 401 g/mol. The highest BCUT2D eigenvalue weighted by molar-refractivity contribution is 7.89. The van der Waals surface area contributed by atoms with Gasteiger partial charge in [-0.3, -0.25) is 0 Å². The van der Waals surface area contributed by atoms with Crippen molar-refractivity contribution >= 4 is 16.2 Å². The quantitative estimate of drug-likeness (QED) is 0.525. The van der Waals surface area contributed by atoms with E-state index in [0.717, 1.165) is 5.56 Å². The minimum absolute atomic E-state index is 0.150. The number of nitrogens with one attached hydrogen (secondary N) is 1. The summed E-state index contributed by atoms with van der Waals surface area (Å²) in [6, 6.07) is 24.0. The Labute approximate surface area is 170 Å². The molecule has 0 radical (unpaired) electrons. The van der Waals surface area contributed by atoms with Crippen LogP contribution in [0.3, 0.4) is 0 Å². The Morgan fingerprint density at radius 3 is 1.90 bits per heavy atom. The lowest BCUT2D eigenvalue weighted by Gasteiger charge is -2.17. The molecule has 1 N–H and O–H groups in total. The zero-order valence-electron chi connectivity index (χ0n) is 15.9. The van der Waals surface area contributed by atoms with E-state index in [-0.39, 0.29) is 16.2 Å². The topological polar surface area (TPSA) is 58.5 Å². The predicted molar refractivity (Wildman–Crippen MR) is 113 cm³/mol. The average Bonchev–Trinajstić information content (AvgIpc) is 3.21. The molecule has 0 spiro atoms. The van der Waals surface area contributed by atoms with Crippen molar-refractivity contribution in [1.82, 2.24) is 4.83 Å². The lowest BCUT2D eigenvalue weighted by molar-refractivity contribution is 0.582. The monoisotopic (exact) mass is 400 g/mol. The van der Waals surface area contributed by atoms with Gasteiger partial charge in [-0.15, -0.1) is 0 Å². The van der Waals surface area contributed by atoms with Crippen LogP contribution in [0, 0.1) is 12.3 Å². The zero-order chi connectivity index (χ0) is 19.8. The fraction of sp³-hybridized carbons (Fsp3) is 0.208. The van der Waals surface area contributed by atoms with Crippen molar-refractivity contribution in [2.24, 2.45) is 10.5 Å². The summed E-state index contributed by atoms with van der Waals surface area (Å²) >= 11 is 0. The van der Waals surface area contributed by atoms with E-state index in [4.69, 9.17) is 0 Å². The first-order valence-corrected chi connectivity index (χ1v) is 11.3. The summed E-state index contributed by atoms with van der Waals surface area (Å²) in [7, 11) is -3.67. The molecule has 1 fully saturated rings. The molecule has 0 aliphatic heterocycles. The van der Waals surface area contributed by atoms with Crippen LogP contribution in [0.15, 0.2) is 82.8 Å². The minimum Gasteiger partial charge on any atom is -0.200 e. The summed E-state index contributed by atoms with van der Waals surface area (Å²) in [4.78, 5) is 2.67. The minimum atomic E-state index is -3.67. The fourth-order valence-corrected chi connectivity index (χ4v) is 6.51. The first kappa shape index (κ1) is 17.0. The molecule has 3 aromatic rings. The van der Waals surface area contributed by atoms with E-state index < -0.39 is 10.0 Å². The van der Waals surface area contributed by atoms with Crippen molar-refractivity contribution in [3.05, 3.63) is 101 Å². The first-order chi connectivity index (χ1) is 14.0. The molecule has 3 aromatic carbocycles. The van der Waals surface area contributed by atoms with Crippen LogP contribution in [-0.2, 0) is 10.0 Å². The van der Waals surface area contributed by atoms with Gasteiger partial charge in [0, 0.05) is 29.4 Å². The molecular weight excluding hydrogens is 380 g/mol. The zero-order valence-corrected chi connectivity index (χ0v) is 16.7. The second-order valence-corrected chi connectivity index (χ2v) is 9.97. The number of benzene rings is 3. The highest BCUT2D eigenvalue weighted by Crippen LogP contribution is 2.85. The normalized spacial score (nSPS) is 28.1. The summed E-state index contributed by atoms with van der Waals surface area (Å²) in [5.74, 6) is 1.01. The predicted octanol–water partition coefficient (Wildman–Crippen LogP) is 4.29. The van der Waals surface area contributed by atoms with Crippen molar-refractivity contribution in [1.29, 1.82) is 0 Å². The molecule has 0 amide bonds. The second-order valence-electron chi connectivity index (χ2n) is 8.31. The highest BCUT2D eigenvalue weighted by atomic mass is 32.2. The number of sulfonamides is 1. The van der Waals surface area contributed by atoms with Crippen molar-refractivity contribution in [3.8, 4) is 0 Å². The van der Waals surface area contributed by atoms with Crippen LogP contribution in [0.25, 0.3) is 0 Å². The van der Waals surface area contributed by atoms with Gasteiger partial charge in [-0.05, 0) is 41.3 Å². The molecule has 2 atom stereocenters. The molecule has 2 unspecified atom stereocenters. The van der Waals surface area contributed by atoms with Crippen LogP contribution in [-0.4, -0.2) is 14.6 Å². The molecule has 6 rings (SSSR count). The third-order valence-electron chi connectivity index (χ3n) is 6.88. The van der Waals surface area contributed by atoms with Gasteiger partial charge in [-0.2, -0.15) is 13.5 Å². The Morgan fingerprint density at radius 2 is 1.34 bits per heavy atom. The van der Waals surface area contributed by atoms with Crippen molar-refractivity contribution in [2.45, 2.75) is 29.6 Å². The number of hydrogen-bond donors (Lipinski definition) is 1. The van der Waals surface area contributed by atoms with Gasteiger partial charge in [0.05, 0.1) is 4.90 Å². The van der Waals surface area contributed by atoms with Gasteiger partial charge >= 0.3 is 0 Å². The Bertz CT molecular complexity index is 1220. The lowest BCUT2D eigenvalue weighted by atomic mass is 9.86. The van der Waals surface area contributed by atoms with Gasteiger partial charge in [0.15, 0.2) is 0 Å². The van der Waals surface area contributed by atoms with E-state index in [1.165, 1.54) is 22.3 Å². The van der Waals surface area contributed by atoms with Crippen LogP contribution in [0.2, 0.25) is 0 Å². The van der Waals surface area contributed by atoms with E-state index in [9.17, 15) is 8.42 Å². The maximum atomic E-state index is 12.6. The molecule has 3 aliphatic rings. The van der Waals surface area contributed by atoms with Gasteiger partial charge in [-0.1, -0.05) is 66.2 Å². The molecule has 0 heterocycles. The molecule has 4 nitrogen and oxygen atoms in total. The smallest absolute Gasteiger partial charge is 0.200 e. The van der Waals surface area contributed by atoms with Gasteiger partial charge in [-0.25, -0.2) is 4.83 Å². The molecule has 0 aromatic heterocycles. The van der Waals surface area contributed by atoms with E-state index >= 15 is 0 Å². The highest BCUT2D eigenvalue weighted by Gasteiger charge is 2.77. The van der Waals surface area contributed by atoms with Gasteiger partial charge in [0.25, 0.3) is 10.0 Å². The number of nitrogens with zero attached hydrogens (tertiary/aromatic N) is 1. The van der Waals surface area contributed by atoms with Crippen LogP contribution in [0.4, 0.5) is 0 Å². The van der Waals surface area contributed by atoms with Crippen molar-refractivity contribution in [3.63, 3.8) is 0 Å². The number of hydrogen-bond acceptors (Lipinski definition) is 3. The standard InChI is InChI=1S/C24H20N2O2S/c1-15-10-12-16(13-11-15)29(27,28)26-25-14-24-21-17-6-2-4-8-19(17)22(24)23(24)20-9-5-3-7-18(20)21/h2-14,21-23,26H,1H3. The van der Waals surface area contributed by atoms with Crippen LogP contribution < -0.4 is 4.83 Å². The maximum Gasteiger partial charge on any atom is 0.276 e.